The molecule has 0 heterocycles. The van der Waals surface area contributed by atoms with E-state index in [0.29, 0.717) is 0 Å². The van der Waals surface area contributed by atoms with Crippen LogP contribution in [0.15, 0.2) is 24.3 Å². The van der Waals surface area contributed by atoms with Crippen molar-refractivity contribution in [2.75, 3.05) is 0 Å². The highest BCUT2D eigenvalue weighted by Gasteiger charge is 1.77. The summed E-state index contributed by atoms with van der Waals surface area (Å²) in [7, 11) is 0. The second kappa shape index (κ2) is 5.88. The van der Waals surface area contributed by atoms with E-state index >= 15 is 0 Å². The number of carboxylic acid groups (broad SMARTS) is 2. The van der Waals surface area contributed by atoms with Crippen LogP contribution in [0.5, 0.6) is 0 Å². The van der Waals surface area contributed by atoms with Crippen molar-refractivity contribution in [1.29, 1.82) is 0 Å². The smallest absolute Gasteiger partial charge is 0.450 e. The van der Waals surface area contributed by atoms with E-state index in [-0.39, 0.29) is 0 Å². The summed E-state index contributed by atoms with van der Waals surface area (Å²) < 4.78 is 0. The van der Waals surface area contributed by atoms with Crippen molar-refractivity contribution in [3.63, 3.8) is 0 Å². The Morgan fingerprint density at radius 1 is 1.10 bits per heavy atom. The Morgan fingerprint density at radius 3 is 1.50 bits per heavy atom. The molecule has 56 valence electrons. The highest BCUT2D eigenvalue weighted by molar-refractivity contribution is 5.53. The molecule has 2 N–H and O–H groups in total. The molecule has 0 aromatic carbocycles. The Labute approximate surface area is 59.3 Å². The first-order valence-corrected chi connectivity index (χ1v) is 2.97. The van der Waals surface area contributed by atoms with Crippen LogP contribution < -0.4 is 0 Å². The zero-order chi connectivity index (χ0) is 7.82. The van der Waals surface area contributed by atoms with Gasteiger partial charge in [0.15, 0.2) is 0 Å². The van der Waals surface area contributed by atoms with Crippen molar-refractivity contribution < 1.29 is 15.0 Å². The van der Waals surface area contributed by atoms with Gasteiger partial charge in [-0.15, -0.1) is 0 Å². The van der Waals surface area contributed by atoms with Gasteiger partial charge >= 0.3 is 6.16 Å². The minimum atomic E-state index is -1.83. The zero-order valence-electron chi connectivity index (χ0n) is 5.53. The van der Waals surface area contributed by atoms with Gasteiger partial charge in [-0.1, -0.05) is 24.3 Å². The minimum Gasteiger partial charge on any atom is -0.450 e. The first-order chi connectivity index (χ1) is 4.73. The molecule has 1 aliphatic carbocycles. The molecule has 1 aliphatic rings. The van der Waals surface area contributed by atoms with E-state index in [9.17, 15) is 0 Å². The highest BCUT2D eigenvalue weighted by atomic mass is 16.6. The van der Waals surface area contributed by atoms with Crippen molar-refractivity contribution in [1.82, 2.24) is 0 Å². The third kappa shape index (κ3) is 9.89. The van der Waals surface area contributed by atoms with Crippen LogP contribution in [0.25, 0.3) is 0 Å². The number of allylic oxidation sites excluding steroid dienone is 4. The molecule has 0 aromatic rings. The molecule has 1 rings (SSSR count). The first kappa shape index (κ1) is 8.75. The van der Waals surface area contributed by atoms with E-state index in [1.165, 1.54) is 12.8 Å². The summed E-state index contributed by atoms with van der Waals surface area (Å²) in [6.45, 7) is 0. The van der Waals surface area contributed by atoms with Gasteiger partial charge in [-0.05, 0) is 12.8 Å². The fraction of sp³-hybridized carbons (Fsp3) is 0.286. The summed E-state index contributed by atoms with van der Waals surface area (Å²) >= 11 is 0. The van der Waals surface area contributed by atoms with Crippen molar-refractivity contribution >= 4 is 6.16 Å². The molecule has 0 saturated carbocycles. The quantitative estimate of drug-likeness (QED) is 0.544. The zero-order valence-corrected chi connectivity index (χ0v) is 5.53. The van der Waals surface area contributed by atoms with Crippen molar-refractivity contribution in [2.45, 2.75) is 12.8 Å². The minimum absolute atomic E-state index is 1.23. The Bertz CT molecular complexity index is 131. The maximum Gasteiger partial charge on any atom is 0.503 e. The molecule has 0 fully saturated rings. The number of hydrogen-bond donors (Lipinski definition) is 2. The molecular weight excluding hydrogens is 132 g/mol. The number of hydrogen-bond acceptors (Lipinski definition) is 1. The van der Waals surface area contributed by atoms with Crippen LogP contribution in [-0.4, -0.2) is 16.4 Å². The largest absolute Gasteiger partial charge is 0.503 e. The van der Waals surface area contributed by atoms with Gasteiger partial charge in [0.2, 0.25) is 0 Å². The Morgan fingerprint density at radius 2 is 1.40 bits per heavy atom. The second-order valence-corrected chi connectivity index (χ2v) is 1.72. The fourth-order valence-corrected chi connectivity index (χ4v) is 0.542. The third-order valence-corrected chi connectivity index (χ3v) is 0.883. The Kier molecular flexibility index (Phi) is 5.14. The van der Waals surface area contributed by atoms with Crippen LogP contribution in [0.3, 0.4) is 0 Å². The van der Waals surface area contributed by atoms with E-state index in [2.05, 4.69) is 24.3 Å². The average Bonchev–Trinajstić information content (AvgIpc) is 1.90. The van der Waals surface area contributed by atoms with Gasteiger partial charge < -0.3 is 10.2 Å². The molecule has 0 spiro atoms. The van der Waals surface area contributed by atoms with Gasteiger partial charge in [-0.3, -0.25) is 0 Å². The molecule has 3 heteroatoms. The molecule has 0 atom stereocenters. The molecule has 0 unspecified atom stereocenters. The highest BCUT2D eigenvalue weighted by Crippen LogP contribution is 1.98. The lowest BCUT2D eigenvalue weighted by atomic mass is 10.2. The molecule has 3 nitrogen and oxygen atoms in total. The van der Waals surface area contributed by atoms with Crippen LogP contribution >= 0.6 is 0 Å². The molecule has 0 bridgehead atoms. The summed E-state index contributed by atoms with van der Waals surface area (Å²) in [5.41, 5.74) is 0. The summed E-state index contributed by atoms with van der Waals surface area (Å²) in [6, 6.07) is 0. The summed E-state index contributed by atoms with van der Waals surface area (Å²) in [4.78, 5) is 8.56. The van der Waals surface area contributed by atoms with E-state index in [0.717, 1.165) is 0 Å². The maximum absolute atomic E-state index is 8.56. The molecule has 0 aliphatic heterocycles. The number of carbonyl (C=O) groups is 1. The normalized spacial score (nSPS) is 13.6. The maximum atomic E-state index is 8.56. The van der Waals surface area contributed by atoms with Gasteiger partial charge in [0.1, 0.15) is 0 Å². The summed E-state index contributed by atoms with van der Waals surface area (Å²) in [5.74, 6) is 0. The van der Waals surface area contributed by atoms with Gasteiger partial charge in [0, 0.05) is 0 Å². The molecule has 0 saturated heterocycles. The molecule has 0 aromatic heterocycles. The second-order valence-electron chi connectivity index (χ2n) is 1.72. The van der Waals surface area contributed by atoms with Crippen LogP contribution in [0, 0.1) is 0 Å². The van der Waals surface area contributed by atoms with Gasteiger partial charge in [-0.25, -0.2) is 4.79 Å². The molecular formula is C7H10O3. The Balaban J connectivity index is 0.000000180. The van der Waals surface area contributed by atoms with E-state index in [1.807, 2.05) is 0 Å². The van der Waals surface area contributed by atoms with Gasteiger partial charge in [0.05, 0.1) is 0 Å². The SMILES string of the molecule is C1=CCCC=C1.O=C(O)O. The third-order valence-electron chi connectivity index (χ3n) is 0.883. The summed E-state index contributed by atoms with van der Waals surface area (Å²) in [6.07, 6.45) is 9.17. The average molecular weight is 142 g/mol. The van der Waals surface area contributed by atoms with E-state index < -0.39 is 6.16 Å². The Hall–Kier alpha value is -1.25. The first-order valence-electron chi connectivity index (χ1n) is 2.97. The van der Waals surface area contributed by atoms with Gasteiger partial charge in [-0.2, -0.15) is 0 Å². The number of rotatable bonds is 0. The lowest BCUT2D eigenvalue weighted by Crippen LogP contribution is -1.81. The topological polar surface area (TPSA) is 57.5 Å². The monoisotopic (exact) mass is 142 g/mol. The molecule has 0 amide bonds. The van der Waals surface area contributed by atoms with Crippen LogP contribution in [-0.2, 0) is 0 Å². The van der Waals surface area contributed by atoms with E-state index in [4.69, 9.17) is 15.0 Å². The lowest BCUT2D eigenvalue weighted by Gasteiger charge is -1.88. The van der Waals surface area contributed by atoms with Crippen molar-refractivity contribution in [2.24, 2.45) is 0 Å². The predicted octanol–water partition coefficient (Wildman–Crippen LogP) is 2.12. The van der Waals surface area contributed by atoms with Crippen LogP contribution in [0.1, 0.15) is 12.8 Å². The van der Waals surface area contributed by atoms with Crippen molar-refractivity contribution in [3.8, 4) is 0 Å². The fourth-order valence-electron chi connectivity index (χ4n) is 0.542. The molecule has 10 heavy (non-hydrogen) atoms. The standard InChI is InChI=1S/C6H8.CH2O3/c1-2-4-6-5-3-1;2-1(3)4/h1-4H,5-6H2;(H2,2,3,4). The van der Waals surface area contributed by atoms with E-state index in [1.54, 1.807) is 0 Å². The van der Waals surface area contributed by atoms with Crippen LogP contribution in [0.4, 0.5) is 4.79 Å². The molecule has 0 radical (unpaired) electrons. The predicted molar refractivity (Wildman–Crippen MR) is 38.2 cm³/mol. The summed E-state index contributed by atoms with van der Waals surface area (Å²) in [5, 5.41) is 13.9. The van der Waals surface area contributed by atoms with Crippen LogP contribution in [0.2, 0.25) is 0 Å². The van der Waals surface area contributed by atoms with Gasteiger partial charge in [0.25, 0.3) is 0 Å². The lowest BCUT2D eigenvalue weighted by molar-refractivity contribution is 0.137. The van der Waals surface area contributed by atoms with Crippen molar-refractivity contribution in [3.05, 3.63) is 24.3 Å².